The molecule has 9 heteroatoms. The first-order valence-corrected chi connectivity index (χ1v) is 21.7. The molecular formula is C44H81NO8. The highest BCUT2D eigenvalue weighted by atomic mass is 16.7. The van der Waals surface area contributed by atoms with E-state index < -0.39 is 49.5 Å². The quantitative estimate of drug-likeness (QED) is 0.0279. The van der Waals surface area contributed by atoms with Gasteiger partial charge in [-0.15, -0.1) is 0 Å². The van der Waals surface area contributed by atoms with Crippen molar-refractivity contribution in [1.82, 2.24) is 5.32 Å². The molecule has 53 heavy (non-hydrogen) atoms. The summed E-state index contributed by atoms with van der Waals surface area (Å²) in [7, 11) is 0. The molecule has 1 rings (SSSR count). The normalized spacial score (nSPS) is 22.0. The number of ether oxygens (including phenoxy) is 2. The maximum Gasteiger partial charge on any atom is 0.220 e. The Morgan fingerprint density at radius 1 is 0.642 bits per heavy atom. The molecule has 1 aliphatic heterocycles. The predicted octanol–water partition coefficient (Wildman–Crippen LogP) is 8.50. The van der Waals surface area contributed by atoms with Crippen molar-refractivity contribution in [2.75, 3.05) is 13.2 Å². The van der Waals surface area contributed by atoms with E-state index in [0.717, 1.165) is 64.2 Å². The predicted molar refractivity (Wildman–Crippen MR) is 216 cm³/mol. The molecule has 0 radical (unpaired) electrons. The highest BCUT2D eigenvalue weighted by molar-refractivity contribution is 5.76. The van der Waals surface area contributed by atoms with Gasteiger partial charge in [-0.2, -0.15) is 0 Å². The van der Waals surface area contributed by atoms with Crippen LogP contribution in [0.5, 0.6) is 0 Å². The van der Waals surface area contributed by atoms with Crippen molar-refractivity contribution in [3.63, 3.8) is 0 Å². The van der Waals surface area contributed by atoms with Gasteiger partial charge in [0.25, 0.3) is 0 Å². The van der Waals surface area contributed by atoms with Crippen LogP contribution in [-0.4, -0.2) is 87.5 Å². The Labute approximate surface area is 323 Å². The molecular weight excluding hydrogens is 670 g/mol. The van der Waals surface area contributed by atoms with E-state index >= 15 is 0 Å². The zero-order chi connectivity index (χ0) is 38.8. The molecule has 0 aromatic heterocycles. The highest BCUT2D eigenvalue weighted by Crippen LogP contribution is 2.22. The van der Waals surface area contributed by atoms with Crippen molar-refractivity contribution < 1.29 is 39.8 Å². The lowest BCUT2D eigenvalue weighted by Gasteiger charge is -2.40. The number of hydrogen-bond donors (Lipinski definition) is 6. The standard InChI is InChI=1S/C44H81NO8/c1-3-5-7-9-11-13-15-17-19-21-23-25-27-29-31-33-38(47)37(36-52-44-43(51)42(50)41(49)39(35-46)53-44)45-40(48)34-32-30-28-26-24-22-20-18-16-14-12-10-8-6-4-2/h12,14,18,20,31,33,37-39,41-44,46-47,49-51H,3-11,13,15-17,19,21-30,32,34-36H2,1-2H3,(H,45,48)/b14-12+,20-18+,33-31+/t37-,38+,39+,41+,42?,43?,44+/m0/s1. The van der Waals surface area contributed by atoms with Gasteiger partial charge in [-0.25, -0.2) is 0 Å². The molecule has 6 N–H and O–H groups in total. The Morgan fingerprint density at radius 3 is 1.66 bits per heavy atom. The Morgan fingerprint density at radius 2 is 1.11 bits per heavy atom. The number of unbranched alkanes of at least 4 members (excludes halogenated alkanes) is 21. The number of allylic oxidation sites excluding steroid dienone is 5. The first-order chi connectivity index (χ1) is 25.8. The number of aliphatic hydroxyl groups is 5. The van der Waals surface area contributed by atoms with Crippen LogP contribution in [0.2, 0.25) is 0 Å². The van der Waals surface area contributed by atoms with Gasteiger partial charge in [0.05, 0.1) is 25.4 Å². The van der Waals surface area contributed by atoms with E-state index in [9.17, 15) is 30.3 Å². The summed E-state index contributed by atoms with van der Waals surface area (Å²) in [5.74, 6) is -0.193. The first-order valence-electron chi connectivity index (χ1n) is 21.7. The molecule has 1 saturated heterocycles. The number of carbonyl (C=O) groups excluding carboxylic acids is 1. The Hall–Kier alpha value is -1.59. The SMILES string of the molecule is CCCCC/C=C/C/C=C/CCCCCCCC(=O)N[C@@H](CO[C@@H]1O[C@H](CO)[C@@H](O)C(O)C1O)[C@H](O)/C=C/CCCCCCCCCCCCCCC. The monoisotopic (exact) mass is 752 g/mol. The largest absolute Gasteiger partial charge is 0.394 e. The lowest BCUT2D eigenvalue weighted by Crippen LogP contribution is -2.60. The van der Waals surface area contributed by atoms with Crippen LogP contribution in [0.4, 0.5) is 0 Å². The van der Waals surface area contributed by atoms with Gasteiger partial charge in [0.15, 0.2) is 6.29 Å². The maximum absolute atomic E-state index is 12.9. The second-order valence-corrected chi connectivity index (χ2v) is 15.1. The molecule has 1 amide bonds. The molecule has 0 aromatic rings. The molecule has 0 aromatic carbocycles. The van der Waals surface area contributed by atoms with Gasteiger partial charge in [0.2, 0.25) is 5.91 Å². The van der Waals surface area contributed by atoms with Gasteiger partial charge < -0.3 is 40.3 Å². The van der Waals surface area contributed by atoms with E-state index in [-0.39, 0.29) is 12.5 Å². The summed E-state index contributed by atoms with van der Waals surface area (Å²) in [5, 5.41) is 54.1. The van der Waals surface area contributed by atoms with Gasteiger partial charge in [-0.05, 0) is 51.4 Å². The molecule has 0 saturated carbocycles. The number of carbonyl (C=O) groups is 1. The summed E-state index contributed by atoms with van der Waals surface area (Å²) in [6.07, 6.45) is 34.6. The summed E-state index contributed by atoms with van der Waals surface area (Å²) in [5.41, 5.74) is 0. The van der Waals surface area contributed by atoms with Crippen LogP contribution >= 0.6 is 0 Å². The smallest absolute Gasteiger partial charge is 0.220 e. The minimum absolute atomic E-state index is 0.193. The molecule has 1 heterocycles. The van der Waals surface area contributed by atoms with E-state index in [1.807, 2.05) is 6.08 Å². The number of amides is 1. The van der Waals surface area contributed by atoms with E-state index in [1.54, 1.807) is 6.08 Å². The van der Waals surface area contributed by atoms with E-state index in [4.69, 9.17) is 9.47 Å². The van der Waals surface area contributed by atoms with E-state index in [0.29, 0.717) is 6.42 Å². The van der Waals surface area contributed by atoms with Crippen molar-refractivity contribution in [2.24, 2.45) is 0 Å². The fraction of sp³-hybridized carbons (Fsp3) is 0.841. The molecule has 310 valence electrons. The second kappa shape index (κ2) is 34.9. The Bertz CT molecular complexity index is 925. The molecule has 0 aliphatic carbocycles. The minimum atomic E-state index is -1.57. The fourth-order valence-corrected chi connectivity index (χ4v) is 6.65. The van der Waals surface area contributed by atoms with Crippen LogP contribution in [0, 0.1) is 0 Å². The van der Waals surface area contributed by atoms with Crippen LogP contribution in [0.25, 0.3) is 0 Å². The second-order valence-electron chi connectivity index (χ2n) is 15.1. The number of aliphatic hydroxyl groups excluding tert-OH is 5. The third kappa shape index (κ3) is 26.0. The molecule has 9 nitrogen and oxygen atoms in total. The van der Waals surface area contributed by atoms with Gasteiger partial charge in [-0.1, -0.05) is 159 Å². The lowest BCUT2D eigenvalue weighted by atomic mass is 9.99. The summed E-state index contributed by atoms with van der Waals surface area (Å²) in [6, 6.07) is -0.810. The topological polar surface area (TPSA) is 149 Å². The Balaban J connectivity index is 2.41. The zero-order valence-corrected chi connectivity index (χ0v) is 33.8. The molecule has 1 fully saturated rings. The summed E-state index contributed by atoms with van der Waals surface area (Å²) in [6.45, 7) is 3.72. The Kier molecular flexibility index (Phi) is 32.5. The van der Waals surface area contributed by atoms with Gasteiger partial charge >= 0.3 is 0 Å². The van der Waals surface area contributed by atoms with Crippen molar-refractivity contribution in [2.45, 2.75) is 224 Å². The van der Waals surface area contributed by atoms with Crippen LogP contribution in [0.3, 0.4) is 0 Å². The van der Waals surface area contributed by atoms with Gasteiger partial charge in [0, 0.05) is 6.42 Å². The summed E-state index contributed by atoms with van der Waals surface area (Å²) in [4.78, 5) is 12.9. The molecule has 0 bridgehead atoms. The van der Waals surface area contributed by atoms with Crippen molar-refractivity contribution in [1.29, 1.82) is 0 Å². The van der Waals surface area contributed by atoms with E-state index in [1.165, 1.54) is 96.3 Å². The van der Waals surface area contributed by atoms with Crippen LogP contribution < -0.4 is 5.32 Å². The van der Waals surface area contributed by atoms with Crippen molar-refractivity contribution >= 4 is 5.91 Å². The van der Waals surface area contributed by atoms with Crippen molar-refractivity contribution in [3.05, 3.63) is 36.5 Å². The average Bonchev–Trinajstić information content (AvgIpc) is 3.16. The zero-order valence-electron chi connectivity index (χ0n) is 33.8. The molecule has 2 unspecified atom stereocenters. The van der Waals surface area contributed by atoms with Gasteiger partial charge in [-0.3, -0.25) is 4.79 Å². The first kappa shape index (κ1) is 49.4. The van der Waals surface area contributed by atoms with Crippen LogP contribution in [0.15, 0.2) is 36.5 Å². The number of nitrogens with one attached hydrogen (secondary N) is 1. The average molecular weight is 752 g/mol. The summed E-state index contributed by atoms with van der Waals surface area (Å²) < 4.78 is 11.2. The molecule has 1 aliphatic rings. The third-order valence-electron chi connectivity index (χ3n) is 10.2. The maximum atomic E-state index is 12.9. The molecule has 0 spiro atoms. The summed E-state index contributed by atoms with van der Waals surface area (Å²) >= 11 is 0. The minimum Gasteiger partial charge on any atom is -0.394 e. The van der Waals surface area contributed by atoms with Gasteiger partial charge in [0.1, 0.15) is 24.4 Å². The lowest BCUT2D eigenvalue weighted by molar-refractivity contribution is -0.302. The van der Waals surface area contributed by atoms with Crippen molar-refractivity contribution in [3.8, 4) is 0 Å². The van der Waals surface area contributed by atoms with Crippen LogP contribution in [-0.2, 0) is 14.3 Å². The fourth-order valence-electron chi connectivity index (χ4n) is 6.65. The van der Waals surface area contributed by atoms with Crippen LogP contribution in [0.1, 0.15) is 181 Å². The number of hydrogen-bond acceptors (Lipinski definition) is 8. The van der Waals surface area contributed by atoms with E-state index in [2.05, 4.69) is 43.5 Å². The highest BCUT2D eigenvalue weighted by Gasteiger charge is 2.44. The molecule has 7 atom stereocenters. The third-order valence-corrected chi connectivity index (χ3v) is 10.2. The number of rotatable bonds is 35.